The van der Waals surface area contributed by atoms with Crippen molar-refractivity contribution in [1.82, 2.24) is 50.4 Å². The highest BCUT2D eigenvalue weighted by Gasteiger charge is 2.24. The summed E-state index contributed by atoms with van der Waals surface area (Å²) in [6.07, 6.45) is 4.58. The summed E-state index contributed by atoms with van der Waals surface area (Å²) in [6, 6.07) is 0. The first kappa shape index (κ1) is 22.5. The van der Waals surface area contributed by atoms with E-state index in [4.69, 9.17) is 0 Å². The molecule has 0 aliphatic carbocycles. The number of aryl methyl sites for hydroxylation is 3. The van der Waals surface area contributed by atoms with Crippen LogP contribution in [0.3, 0.4) is 0 Å². The molecule has 0 aromatic carbocycles. The molecule has 0 spiro atoms. The van der Waals surface area contributed by atoms with Crippen LogP contribution >= 0.6 is 0 Å². The fourth-order valence-corrected chi connectivity index (χ4v) is 3.53. The average molecular weight is 435 g/mol. The lowest BCUT2D eigenvalue weighted by molar-refractivity contribution is 0.0956. The van der Waals surface area contributed by atoms with Crippen LogP contribution in [0.25, 0.3) is 0 Å². The van der Waals surface area contributed by atoms with Gasteiger partial charge in [-0.1, -0.05) is 54.6 Å². The molecule has 3 aromatic heterocycles. The average Bonchev–Trinajstić information content (AvgIpc) is 3.38. The summed E-state index contributed by atoms with van der Waals surface area (Å²) in [7, 11) is 0. The topological polar surface area (TPSA) is 156 Å². The first-order chi connectivity index (χ1) is 15.0. The molecule has 0 aliphatic rings. The number of nitrogens with zero attached hydrogens (tertiary/aromatic N) is 10. The van der Waals surface area contributed by atoms with Crippen molar-refractivity contribution < 1.29 is 15.6 Å². The van der Waals surface area contributed by atoms with Crippen LogP contribution in [0.2, 0.25) is 0 Å². The molecule has 170 valence electrons. The minimum atomic E-state index is 0.270. The Morgan fingerprint density at radius 1 is 0.581 bits per heavy atom. The fraction of sp³-hybridized carbons (Fsp3) is 0.667. The van der Waals surface area contributed by atoms with Gasteiger partial charge in [0.1, 0.15) is 17.1 Å². The Kier molecular flexibility index (Phi) is 7.39. The van der Waals surface area contributed by atoms with E-state index in [0.717, 1.165) is 33.8 Å². The summed E-state index contributed by atoms with van der Waals surface area (Å²) in [4.78, 5) is 4.27. The number of hydrogen-bond acceptors (Lipinski definition) is 10. The van der Waals surface area contributed by atoms with Gasteiger partial charge in [-0.3, -0.25) is 4.90 Å². The molecule has 0 atom stereocenters. The van der Waals surface area contributed by atoms with Gasteiger partial charge < -0.3 is 15.6 Å². The minimum Gasteiger partial charge on any atom is -0.410 e. The third-order valence-electron chi connectivity index (χ3n) is 5.05. The largest absolute Gasteiger partial charge is 0.410 e. The van der Waals surface area contributed by atoms with Gasteiger partial charge in [0.05, 0.1) is 17.1 Å². The predicted molar refractivity (Wildman–Crippen MR) is 107 cm³/mol. The van der Waals surface area contributed by atoms with Crippen LogP contribution in [-0.4, -0.2) is 66.0 Å². The minimum absolute atomic E-state index is 0.270. The Balaban J connectivity index is 1.94. The summed E-state index contributed by atoms with van der Waals surface area (Å²) in [5.41, 5.74) is 3.73. The lowest BCUT2D eigenvalue weighted by atomic mass is 10.1. The number of rotatable bonds is 12. The maximum Gasteiger partial charge on any atom is 0.117 e. The second-order valence-electron chi connectivity index (χ2n) is 7.51. The Labute approximate surface area is 179 Å². The second kappa shape index (κ2) is 10.2. The van der Waals surface area contributed by atoms with E-state index in [1.807, 2.05) is 25.7 Å². The lowest BCUT2D eigenvalue weighted by Gasteiger charge is -2.22. The molecule has 31 heavy (non-hydrogen) atoms. The second-order valence-corrected chi connectivity index (χ2v) is 7.51. The van der Waals surface area contributed by atoms with Crippen LogP contribution in [0.4, 0.5) is 0 Å². The van der Waals surface area contributed by atoms with Crippen LogP contribution < -0.4 is 0 Å². The molecule has 0 amide bonds. The molecule has 3 rings (SSSR count). The van der Waals surface area contributed by atoms with E-state index in [1.165, 1.54) is 0 Å². The molecular formula is C18H30N10O3. The van der Waals surface area contributed by atoms with Gasteiger partial charge >= 0.3 is 0 Å². The SMILES string of the molecule is CCCc1nnn(O)c1CN(Cc1c(CCC)nnn1O)Cc1c(CCC)nnn1O. The maximum atomic E-state index is 10.2. The smallest absolute Gasteiger partial charge is 0.117 e. The molecule has 0 unspecified atom stereocenters. The van der Waals surface area contributed by atoms with Gasteiger partial charge in [-0.2, -0.15) is 0 Å². The van der Waals surface area contributed by atoms with Gasteiger partial charge in [0.2, 0.25) is 0 Å². The van der Waals surface area contributed by atoms with Crippen LogP contribution in [0.15, 0.2) is 0 Å². The molecular weight excluding hydrogens is 404 g/mol. The zero-order valence-corrected chi connectivity index (χ0v) is 18.2. The van der Waals surface area contributed by atoms with Crippen LogP contribution in [0, 0.1) is 0 Å². The van der Waals surface area contributed by atoms with Crippen LogP contribution in [0.1, 0.15) is 74.2 Å². The van der Waals surface area contributed by atoms with E-state index >= 15 is 0 Å². The number of aromatic nitrogens is 9. The molecule has 0 saturated heterocycles. The highest BCUT2D eigenvalue weighted by Crippen LogP contribution is 2.19. The Morgan fingerprint density at radius 2 is 0.871 bits per heavy atom. The third kappa shape index (κ3) is 5.10. The fourth-order valence-electron chi connectivity index (χ4n) is 3.53. The van der Waals surface area contributed by atoms with Gasteiger partial charge in [0, 0.05) is 19.6 Å². The van der Waals surface area contributed by atoms with Gasteiger partial charge in [0.25, 0.3) is 0 Å². The Bertz CT molecular complexity index is 855. The molecule has 0 bridgehead atoms. The molecule has 3 aromatic rings. The van der Waals surface area contributed by atoms with Gasteiger partial charge in [-0.15, -0.1) is 15.3 Å². The molecule has 3 heterocycles. The summed E-state index contributed by atoms with van der Waals surface area (Å²) in [5, 5.41) is 54.0. The van der Waals surface area contributed by atoms with Crippen molar-refractivity contribution in [2.24, 2.45) is 0 Å². The molecule has 0 radical (unpaired) electrons. The maximum absolute atomic E-state index is 10.2. The third-order valence-corrected chi connectivity index (χ3v) is 5.05. The quantitative estimate of drug-likeness (QED) is 0.354. The Morgan fingerprint density at radius 3 is 1.13 bits per heavy atom. The molecule has 0 fully saturated rings. The van der Waals surface area contributed by atoms with Crippen LogP contribution in [0.5, 0.6) is 0 Å². The van der Waals surface area contributed by atoms with E-state index in [9.17, 15) is 15.6 Å². The van der Waals surface area contributed by atoms with Crippen molar-refractivity contribution in [3.63, 3.8) is 0 Å². The van der Waals surface area contributed by atoms with Crippen LogP contribution in [-0.2, 0) is 38.9 Å². The zero-order valence-electron chi connectivity index (χ0n) is 18.2. The van der Waals surface area contributed by atoms with E-state index in [2.05, 4.69) is 30.9 Å². The highest BCUT2D eigenvalue weighted by atomic mass is 16.5. The monoisotopic (exact) mass is 434 g/mol. The number of hydrogen-bond donors (Lipinski definition) is 3. The van der Waals surface area contributed by atoms with Crippen molar-refractivity contribution in [2.45, 2.75) is 78.9 Å². The van der Waals surface area contributed by atoms with E-state index < -0.39 is 0 Å². The first-order valence-corrected chi connectivity index (χ1v) is 10.6. The van der Waals surface area contributed by atoms with Gasteiger partial charge in [-0.05, 0) is 34.9 Å². The van der Waals surface area contributed by atoms with E-state index in [-0.39, 0.29) is 19.6 Å². The summed E-state index contributed by atoms with van der Waals surface area (Å²) < 4.78 is 0. The normalized spacial score (nSPS) is 11.6. The molecule has 13 nitrogen and oxygen atoms in total. The molecule has 13 heteroatoms. The standard InChI is InChI=1S/C18H30N10O3/c1-4-7-13-16(26(29)22-19-13)10-25(11-17-14(8-5-2)20-23-27(17)30)12-18-15(9-6-3)21-24-28(18)31/h29-31H,4-12H2,1-3H3. The lowest BCUT2D eigenvalue weighted by Crippen LogP contribution is -2.28. The van der Waals surface area contributed by atoms with Crippen molar-refractivity contribution in [2.75, 3.05) is 0 Å². The highest BCUT2D eigenvalue weighted by molar-refractivity contribution is 5.15. The predicted octanol–water partition coefficient (Wildman–Crippen LogP) is 1.23. The Hall–Kier alpha value is -3.22. The van der Waals surface area contributed by atoms with Crippen molar-refractivity contribution in [3.05, 3.63) is 34.2 Å². The van der Waals surface area contributed by atoms with E-state index in [0.29, 0.717) is 53.4 Å². The summed E-state index contributed by atoms with van der Waals surface area (Å²) >= 11 is 0. The molecule has 3 N–H and O–H groups in total. The first-order valence-electron chi connectivity index (χ1n) is 10.6. The zero-order chi connectivity index (χ0) is 22.4. The van der Waals surface area contributed by atoms with Crippen molar-refractivity contribution >= 4 is 0 Å². The van der Waals surface area contributed by atoms with Gasteiger partial charge in [0.15, 0.2) is 0 Å². The van der Waals surface area contributed by atoms with Gasteiger partial charge in [-0.25, -0.2) is 0 Å². The van der Waals surface area contributed by atoms with Crippen molar-refractivity contribution in [3.8, 4) is 0 Å². The summed E-state index contributed by atoms with van der Waals surface area (Å²) in [6.45, 7) is 6.89. The molecule has 0 aliphatic heterocycles. The molecule has 0 saturated carbocycles. The van der Waals surface area contributed by atoms with E-state index in [1.54, 1.807) is 0 Å². The summed E-state index contributed by atoms with van der Waals surface area (Å²) in [5.74, 6) is 0. The van der Waals surface area contributed by atoms with Crippen molar-refractivity contribution in [1.29, 1.82) is 0 Å².